The summed E-state index contributed by atoms with van der Waals surface area (Å²) >= 11 is 1.59. The van der Waals surface area contributed by atoms with Crippen LogP contribution >= 0.6 is 11.3 Å². The molecular formula is C8H8N2S. The molecule has 0 saturated carbocycles. The number of thiophene rings is 1. The van der Waals surface area contributed by atoms with Crippen molar-refractivity contribution < 1.29 is 0 Å². The van der Waals surface area contributed by atoms with Crippen LogP contribution in [0.4, 0.5) is 5.69 Å². The molecule has 0 aliphatic heterocycles. The van der Waals surface area contributed by atoms with Crippen molar-refractivity contribution in [2.75, 3.05) is 5.73 Å². The van der Waals surface area contributed by atoms with E-state index in [2.05, 4.69) is 4.98 Å². The molecule has 0 bridgehead atoms. The van der Waals surface area contributed by atoms with Crippen LogP contribution in [0.2, 0.25) is 0 Å². The number of fused-ring (bicyclic) bond motifs is 1. The summed E-state index contributed by atoms with van der Waals surface area (Å²) in [6.07, 6.45) is 0. The van der Waals surface area contributed by atoms with Gasteiger partial charge in [-0.1, -0.05) is 0 Å². The number of hydrogen-bond donors (Lipinski definition) is 1. The molecule has 2 rings (SSSR count). The molecule has 0 amide bonds. The lowest BCUT2D eigenvalue weighted by Gasteiger charge is -1.91. The van der Waals surface area contributed by atoms with E-state index in [9.17, 15) is 0 Å². The van der Waals surface area contributed by atoms with Crippen molar-refractivity contribution in [2.24, 2.45) is 0 Å². The minimum absolute atomic E-state index is 0.831. The largest absolute Gasteiger partial charge is 0.398 e. The van der Waals surface area contributed by atoms with Crippen LogP contribution in [0, 0.1) is 6.92 Å². The molecule has 11 heavy (non-hydrogen) atoms. The number of aryl methyl sites for hydroxylation is 1. The molecule has 0 aliphatic rings. The predicted octanol–water partition coefficient (Wildman–Crippen LogP) is 2.19. The van der Waals surface area contributed by atoms with E-state index < -0.39 is 0 Å². The molecule has 2 aromatic heterocycles. The Morgan fingerprint density at radius 2 is 2.27 bits per heavy atom. The van der Waals surface area contributed by atoms with Crippen LogP contribution in [-0.2, 0) is 0 Å². The third-order valence-corrected chi connectivity index (χ3v) is 2.51. The van der Waals surface area contributed by atoms with Crippen LogP contribution < -0.4 is 5.73 Å². The monoisotopic (exact) mass is 164 g/mol. The molecule has 2 nitrogen and oxygen atoms in total. The molecule has 3 heteroatoms. The zero-order valence-electron chi connectivity index (χ0n) is 6.16. The highest BCUT2D eigenvalue weighted by molar-refractivity contribution is 7.17. The normalized spacial score (nSPS) is 10.6. The van der Waals surface area contributed by atoms with Gasteiger partial charge in [-0.05, 0) is 19.1 Å². The molecule has 0 atom stereocenters. The van der Waals surface area contributed by atoms with Crippen LogP contribution in [0.25, 0.3) is 10.2 Å². The van der Waals surface area contributed by atoms with Gasteiger partial charge in [-0.25, -0.2) is 4.98 Å². The fourth-order valence-electron chi connectivity index (χ4n) is 1.03. The topological polar surface area (TPSA) is 38.9 Å². The highest BCUT2D eigenvalue weighted by Crippen LogP contribution is 2.25. The van der Waals surface area contributed by atoms with Crippen molar-refractivity contribution >= 4 is 27.2 Å². The summed E-state index contributed by atoms with van der Waals surface area (Å²) in [5.41, 5.74) is 7.57. The second-order valence-electron chi connectivity index (χ2n) is 2.50. The Hall–Kier alpha value is -1.09. The molecular weight excluding hydrogens is 156 g/mol. The predicted molar refractivity (Wildman–Crippen MR) is 48.8 cm³/mol. The fraction of sp³-hybridized carbons (Fsp3) is 0.125. The standard InChI is InChI=1S/C8H8N2S/c1-5-2-3-6-7(9)4-11-8(6)10-5/h2-4H,9H2,1H3. The minimum Gasteiger partial charge on any atom is -0.398 e. The van der Waals surface area contributed by atoms with Crippen LogP contribution in [0.3, 0.4) is 0 Å². The number of hydrogen-bond acceptors (Lipinski definition) is 3. The van der Waals surface area contributed by atoms with Gasteiger partial charge in [-0.3, -0.25) is 0 Å². The third kappa shape index (κ3) is 0.973. The number of nitrogens with two attached hydrogens (primary N) is 1. The van der Waals surface area contributed by atoms with Gasteiger partial charge in [0.05, 0.1) is 5.69 Å². The van der Waals surface area contributed by atoms with Gasteiger partial charge in [0.15, 0.2) is 0 Å². The molecule has 0 radical (unpaired) electrons. The molecule has 2 aromatic rings. The van der Waals surface area contributed by atoms with Crippen molar-refractivity contribution in [1.29, 1.82) is 0 Å². The average Bonchev–Trinajstić information content (AvgIpc) is 2.32. The molecule has 0 aliphatic carbocycles. The first-order valence-corrected chi connectivity index (χ1v) is 4.25. The van der Waals surface area contributed by atoms with Crippen molar-refractivity contribution in [3.63, 3.8) is 0 Å². The maximum absolute atomic E-state index is 5.70. The minimum atomic E-state index is 0.831. The van der Waals surface area contributed by atoms with E-state index in [4.69, 9.17) is 5.73 Å². The highest BCUT2D eigenvalue weighted by Gasteiger charge is 2.00. The number of pyridine rings is 1. The van der Waals surface area contributed by atoms with Gasteiger partial charge < -0.3 is 5.73 Å². The molecule has 0 spiro atoms. The van der Waals surface area contributed by atoms with E-state index >= 15 is 0 Å². The average molecular weight is 164 g/mol. The van der Waals surface area contributed by atoms with E-state index in [1.807, 2.05) is 24.4 Å². The number of nitrogens with zero attached hydrogens (tertiary/aromatic N) is 1. The van der Waals surface area contributed by atoms with Crippen LogP contribution in [0.5, 0.6) is 0 Å². The summed E-state index contributed by atoms with van der Waals surface area (Å²) < 4.78 is 0. The summed E-state index contributed by atoms with van der Waals surface area (Å²) in [5, 5.41) is 3.00. The Labute approximate surface area is 68.7 Å². The van der Waals surface area contributed by atoms with E-state index in [0.717, 1.165) is 21.6 Å². The Balaban J connectivity index is 2.86. The van der Waals surface area contributed by atoms with Gasteiger partial charge in [0.2, 0.25) is 0 Å². The highest BCUT2D eigenvalue weighted by atomic mass is 32.1. The first-order valence-electron chi connectivity index (χ1n) is 3.38. The fourth-order valence-corrected chi connectivity index (χ4v) is 1.90. The number of nitrogen functional groups attached to an aromatic ring is 1. The molecule has 0 unspecified atom stereocenters. The summed E-state index contributed by atoms with van der Waals surface area (Å²) in [6, 6.07) is 3.99. The summed E-state index contributed by atoms with van der Waals surface area (Å²) in [7, 11) is 0. The third-order valence-electron chi connectivity index (χ3n) is 1.61. The molecule has 0 fully saturated rings. The number of aromatic nitrogens is 1. The zero-order valence-corrected chi connectivity index (χ0v) is 6.98. The van der Waals surface area contributed by atoms with Crippen LogP contribution in [0.1, 0.15) is 5.69 Å². The van der Waals surface area contributed by atoms with Crippen LogP contribution in [-0.4, -0.2) is 4.98 Å². The van der Waals surface area contributed by atoms with E-state index in [1.54, 1.807) is 11.3 Å². The second-order valence-corrected chi connectivity index (χ2v) is 3.35. The number of rotatable bonds is 0. The molecule has 56 valence electrons. The van der Waals surface area contributed by atoms with E-state index in [0.29, 0.717) is 0 Å². The van der Waals surface area contributed by atoms with Gasteiger partial charge in [-0.2, -0.15) is 0 Å². The zero-order chi connectivity index (χ0) is 7.84. The SMILES string of the molecule is Cc1ccc2c(N)csc2n1. The maximum Gasteiger partial charge on any atom is 0.125 e. The van der Waals surface area contributed by atoms with Gasteiger partial charge in [-0.15, -0.1) is 11.3 Å². The van der Waals surface area contributed by atoms with Gasteiger partial charge in [0.25, 0.3) is 0 Å². The Morgan fingerprint density at radius 3 is 3.09 bits per heavy atom. The lowest BCUT2D eigenvalue weighted by Crippen LogP contribution is -1.82. The van der Waals surface area contributed by atoms with Gasteiger partial charge in [0, 0.05) is 16.5 Å². The lowest BCUT2D eigenvalue weighted by molar-refractivity contribution is 1.27. The van der Waals surface area contributed by atoms with Crippen LogP contribution in [0.15, 0.2) is 17.5 Å². The molecule has 0 saturated heterocycles. The smallest absolute Gasteiger partial charge is 0.125 e. The van der Waals surface area contributed by atoms with Crippen molar-refractivity contribution in [3.05, 3.63) is 23.2 Å². The van der Waals surface area contributed by atoms with Crippen molar-refractivity contribution in [3.8, 4) is 0 Å². The Bertz CT molecular complexity index is 392. The summed E-state index contributed by atoms with van der Waals surface area (Å²) in [4.78, 5) is 5.37. The number of anilines is 1. The second kappa shape index (κ2) is 2.20. The summed E-state index contributed by atoms with van der Waals surface area (Å²) in [6.45, 7) is 1.98. The lowest BCUT2D eigenvalue weighted by atomic mass is 10.3. The molecule has 0 aromatic carbocycles. The van der Waals surface area contributed by atoms with Crippen molar-refractivity contribution in [2.45, 2.75) is 6.92 Å². The van der Waals surface area contributed by atoms with E-state index in [1.165, 1.54) is 0 Å². The first-order chi connectivity index (χ1) is 5.27. The first kappa shape index (κ1) is 6.61. The Morgan fingerprint density at radius 1 is 1.45 bits per heavy atom. The quantitative estimate of drug-likeness (QED) is 0.648. The van der Waals surface area contributed by atoms with Crippen molar-refractivity contribution in [1.82, 2.24) is 4.98 Å². The maximum atomic E-state index is 5.70. The van der Waals surface area contributed by atoms with Gasteiger partial charge in [0.1, 0.15) is 4.83 Å². The van der Waals surface area contributed by atoms with Gasteiger partial charge >= 0.3 is 0 Å². The van der Waals surface area contributed by atoms with E-state index in [-0.39, 0.29) is 0 Å². The summed E-state index contributed by atoms with van der Waals surface area (Å²) in [5.74, 6) is 0. The Kier molecular flexibility index (Phi) is 1.32. The molecule has 2 heterocycles. The molecule has 2 N–H and O–H groups in total.